The van der Waals surface area contributed by atoms with E-state index in [0.29, 0.717) is 32.0 Å². The lowest BCUT2D eigenvalue weighted by molar-refractivity contribution is -0.133. The first-order valence-corrected chi connectivity index (χ1v) is 8.62. The second-order valence-electron chi connectivity index (χ2n) is 4.26. The van der Waals surface area contributed by atoms with Gasteiger partial charge in [-0.1, -0.05) is 0 Å². The molecule has 0 saturated carbocycles. The monoisotopic (exact) mass is 440 g/mol. The highest BCUT2D eigenvalue weighted by molar-refractivity contribution is 9.13. The van der Waals surface area contributed by atoms with Crippen molar-refractivity contribution < 1.29 is 19.1 Å². The number of hydrogen-bond acceptors (Lipinski definition) is 6. The molecule has 0 unspecified atom stereocenters. The maximum Gasteiger partial charge on any atom is 0.351 e. The van der Waals surface area contributed by atoms with Gasteiger partial charge in [0.2, 0.25) is 0 Å². The van der Waals surface area contributed by atoms with Gasteiger partial charge in [-0.15, -0.1) is 11.3 Å². The minimum atomic E-state index is -0.490. The van der Waals surface area contributed by atoms with E-state index in [9.17, 15) is 9.59 Å². The summed E-state index contributed by atoms with van der Waals surface area (Å²) in [6.07, 6.45) is 0. The Bertz CT molecular complexity index is 544. The van der Waals surface area contributed by atoms with Gasteiger partial charge in [0.05, 0.1) is 15.4 Å². The highest BCUT2D eigenvalue weighted by Crippen LogP contribution is 2.43. The van der Waals surface area contributed by atoms with Gasteiger partial charge in [-0.3, -0.25) is 4.79 Å². The number of carbonyl (C=O) groups is 2. The molecule has 9 heteroatoms. The average Bonchev–Trinajstić information content (AvgIpc) is 2.80. The van der Waals surface area contributed by atoms with Gasteiger partial charge in [0.1, 0.15) is 0 Å². The maximum absolute atomic E-state index is 12.1. The number of amides is 1. The first kappa shape index (κ1) is 16.7. The van der Waals surface area contributed by atoms with Crippen molar-refractivity contribution in [1.82, 2.24) is 10.2 Å². The van der Waals surface area contributed by atoms with Gasteiger partial charge >= 0.3 is 5.97 Å². The summed E-state index contributed by atoms with van der Waals surface area (Å²) < 4.78 is 11.6. The molecule has 1 aromatic heterocycles. The van der Waals surface area contributed by atoms with Gasteiger partial charge in [0.15, 0.2) is 17.2 Å². The van der Waals surface area contributed by atoms with Crippen molar-refractivity contribution in [3.05, 3.63) is 13.1 Å². The summed E-state index contributed by atoms with van der Waals surface area (Å²) in [5.41, 5.74) is 0. The van der Waals surface area contributed by atoms with Crippen LogP contribution in [0, 0.1) is 0 Å². The van der Waals surface area contributed by atoms with Crippen LogP contribution in [0.15, 0.2) is 8.26 Å². The molecule has 0 spiro atoms. The molecule has 1 aliphatic heterocycles. The van der Waals surface area contributed by atoms with Gasteiger partial charge in [0.25, 0.3) is 5.91 Å². The Labute approximate surface area is 143 Å². The molecule has 0 aliphatic carbocycles. The lowest BCUT2D eigenvalue weighted by Gasteiger charge is -2.27. The van der Waals surface area contributed by atoms with Crippen LogP contribution in [0.2, 0.25) is 0 Å². The van der Waals surface area contributed by atoms with E-state index in [1.54, 1.807) is 4.90 Å². The molecular formula is C12H14Br2N2O4S. The molecule has 0 radical (unpaired) electrons. The number of nitrogens with one attached hydrogen (secondary N) is 1. The Morgan fingerprint density at radius 1 is 1.33 bits per heavy atom. The van der Waals surface area contributed by atoms with E-state index in [2.05, 4.69) is 37.2 Å². The predicted octanol–water partition coefficient (Wildman–Crippen LogP) is 1.87. The Morgan fingerprint density at radius 3 is 2.62 bits per heavy atom. The molecular weight excluding hydrogens is 428 g/mol. The molecule has 116 valence electrons. The summed E-state index contributed by atoms with van der Waals surface area (Å²) in [5, 5.41) is 3.18. The molecule has 6 nitrogen and oxygen atoms in total. The Kier molecular flexibility index (Phi) is 6.03. The fraction of sp³-hybridized carbons (Fsp3) is 0.500. The number of thiophene rings is 1. The van der Waals surface area contributed by atoms with Crippen LogP contribution in [0.3, 0.4) is 0 Å². The highest BCUT2D eigenvalue weighted by atomic mass is 79.9. The number of nitrogens with zero attached hydrogens (tertiary/aromatic N) is 1. The summed E-state index contributed by atoms with van der Waals surface area (Å²) >= 11 is 7.87. The number of hydrogen-bond donors (Lipinski definition) is 1. The molecule has 1 N–H and O–H groups in total. The minimum absolute atomic E-state index is 0.0958. The Hall–Kier alpha value is -0.640. The first-order chi connectivity index (χ1) is 10.0. The molecule has 1 amide bonds. The first-order valence-electron chi connectivity index (χ1n) is 6.22. The van der Waals surface area contributed by atoms with Crippen LogP contribution >= 0.6 is 43.2 Å². The van der Waals surface area contributed by atoms with Crippen molar-refractivity contribution >= 4 is 55.1 Å². The standard InChI is InChI=1S/C12H14Br2N2O4S/c1-19-12(18)10-9(8(13)11(14)21-10)20-6-7(17)16-4-2-15-3-5-16/h15H,2-6H2,1H3. The van der Waals surface area contributed by atoms with E-state index in [1.165, 1.54) is 18.4 Å². The van der Waals surface area contributed by atoms with E-state index >= 15 is 0 Å². The number of ether oxygens (including phenoxy) is 2. The van der Waals surface area contributed by atoms with Gasteiger partial charge in [-0.25, -0.2) is 4.79 Å². The second-order valence-corrected chi connectivity index (χ2v) is 7.39. The van der Waals surface area contributed by atoms with E-state index in [1.807, 2.05) is 0 Å². The molecule has 1 aromatic rings. The number of esters is 1. The number of methoxy groups -OCH3 is 1. The molecule has 21 heavy (non-hydrogen) atoms. The van der Waals surface area contributed by atoms with Gasteiger partial charge in [-0.05, 0) is 31.9 Å². The zero-order valence-corrected chi connectivity index (χ0v) is 15.3. The fourth-order valence-corrected chi connectivity index (χ4v) is 4.00. The van der Waals surface area contributed by atoms with Crippen LogP contribution in [0.5, 0.6) is 5.75 Å². The van der Waals surface area contributed by atoms with Crippen molar-refractivity contribution in [2.45, 2.75) is 0 Å². The summed E-state index contributed by atoms with van der Waals surface area (Å²) in [6, 6.07) is 0. The maximum atomic E-state index is 12.1. The number of piperazine rings is 1. The minimum Gasteiger partial charge on any atom is -0.481 e. The number of carbonyl (C=O) groups excluding carboxylic acids is 2. The summed E-state index contributed by atoms with van der Waals surface area (Å²) in [5.74, 6) is -0.250. The molecule has 1 aliphatic rings. The van der Waals surface area contributed by atoms with Gasteiger partial charge in [0, 0.05) is 26.2 Å². The number of halogens is 2. The van der Waals surface area contributed by atoms with Crippen molar-refractivity contribution in [1.29, 1.82) is 0 Å². The van der Waals surface area contributed by atoms with Crippen molar-refractivity contribution in [3.8, 4) is 5.75 Å². The molecule has 1 saturated heterocycles. The van der Waals surface area contributed by atoms with E-state index in [4.69, 9.17) is 9.47 Å². The molecule has 0 aromatic carbocycles. The fourth-order valence-electron chi connectivity index (χ4n) is 1.87. The molecule has 0 atom stereocenters. The average molecular weight is 442 g/mol. The van der Waals surface area contributed by atoms with E-state index in [0.717, 1.165) is 13.1 Å². The SMILES string of the molecule is COC(=O)c1sc(Br)c(Br)c1OCC(=O)N1CCNCC1. The normalized spacial score (nSPS) is 14.9. The predicted molar refractivity (Wildman–Crippen MR) is 86.0 cm³/mol. The van der Waals surface area contributed by atoms with Crippen LogP contribution in [-0.4, -0.2) is 56.7 Å². The topological polar surface area (TPSA) is 67.9 Å². The summed E-state index contributed by atoms with van der Waals surface area (Å²) in [7, 11) is 1.31. The summed E-state index contributed by atoms with van der Waals surface area (Å²) in [4.78, 5) is 25.8. The van der Waals surface area contributed by atoms with Gasteiger partial charge in [-0.2, -0.15) is 0 Å². The largest absolute Gasteiger partial charge is 0.481 e. The third kappa shape index (κ3) is 3.97. The Balaban J connectivity index is 2.05. The smallest absolute Gasteiger partial charge is 0.351 e. The van der Waals surface area contributed by atoms with Crippen molar-refractivity contribution in [2.75, 3.05) is 39.9 Å². The van der Waals surface area contributed by atoms with Gasteiger partial charge < -0.3 is 19.7 Å². The van der Waals surface area contributed by atoms with Crippen LogP contribution in [0.25, 0.3) is 0 Å². The van der Waals surface area contributed by atoms with Crippen molar-refractivity contribution in [2.24, 2.45) is 0 Å². The molecule has 2 heterocycles. The van der Waals surface area contributed by atoms with Crippen LogP contribution < -0.4 is 10.1 Å². The quantitative estimate of drug-likeness (QED) is 0.722. The van der Waals surface area contributed by atoms with Crippen LogP contribution in [0.4, 0.5) is 0 Å². The van der Waals surface area contributed by atoms with Crippen molar-refractivity contribution in [3.63, 3.8) is 0 Å². The lowest BCUT2D eigenvalue weighted by atomic mass is 10.3. The third-order valence-corrected chi connectivity index (χ3v) is 6.32. The van der Waals surface area contributed by atoms with E-state index in [-0.39, 0.29) is 12.5 Å². The van der Waals surface area contributed by atoms with Crippen LogP contribution in [0.1, 0.15) is 9.67 Å². The van der Waals surface area contributed by atoms with Crippen LogP contribution in [-0.2, 0) is 9.53 Å². The second kappa shape index (κ2) is 7.57. The molecule has 1 fully saturated rings. The Morgan fingerprint density at radius 2 is 2.00 bits per heavy atom. The zero-order valence-electron chi connectivity index (χ0n) is 11.3. The number of rotatable bonds is 4. The van der Waals surface area contributed by atoms with E-state index < -0.39 is 5.97 Å². The lowest BCUT2D eigenvalue weighted by Crippen LogP contribution is -2.47. The highest BCUT2D eigenvalue weighted by Gasteiger charge is 2.24. The zero-order chi connectivity index (χ0) is 15.4. The molecule has 0 bridgehead atoms. The summed E-state index contributed by atoms with van der Waals surface area (Å²) in [6.45, 7) is 2.80. The third-order valence-electron chi connectivity index (χ3n) is 2.95. The molecule has 2 rings (SSSR count).